The topological polar surface area (TPSA) is 0 Å². The zero-order chi connectivity index (χ0) is 19.7. The molecule has 0 aromatic heterocycles. The molecule has 3 aromatic rings. The van der Waals surface area contributed by atoms with E-state index in [0.29, 0.717) is 5.92 Å². The normalized spacial score (nSPS) is 20.0. The predicted molar refractivity (Wildman–Crippen MR) is 123 cm³/mol. The highest BCUT2D eigenvalue weighted by Crippen LogP contribution is 2.39. The highest BCUT2D eigenvalue weighted by Gasteiger charge is 2.21. The summed E-state index contributed by atoms with van der Waals surface area (Å²) >= 11 is 0. The number of hydrogen-bond donors (Lipinski definition) is 0. The van der Waals surface area contributed by atoms with Gasteiger partial charge in [0.05, 0.1) is 0 Å². The smallest absolute Gasteiger partial charge is 0.0148 e. The maximum Gasteiger partial charge on any atom is -0.0148 e. The summed E-state index contributed by atoms with van der Waals surface area (Å²) in [6.07, 6.45) is 6.89. The molecule has 1 fully saturated rings. The van der Waals surface area contributed by atoms with Crippen LogP contribution in [-0.2, 0) is 0 Å². The molecule has 0 saturated heterocycles. The summed E-state index contributed by atoms with van der Waals surface area (Å²) in [6.45, 7) is 9.13. The van der Waals surface area contributed by atoms with Crippen LogP contribution in [-0.4, -0.2) is 0 Å². The fourth-order valence-corrected chi connectivity index (χ4v) is 5.02. The van der Waals surface area contributed by atoms with Gasteiger partial charge in [-0.1, -0.05) is 81.8 Å². The van der Waals surface area contributed by atoms with E-state index in [0.717, 1.165) is 11.8 Å². The second kappa shape index (κ2) is 8.11. The minimum absolute atomic E-state index is 0.581. The fraction of sp³-hybridized carbons (Fsp3) is 0.429. The lowest BCUT2D eigenvalue weighted by atomic mass is 9.77. The summed E-state index contributed by atoms with van der Waals surface area (Å²) in [5.41, 5.74) is 7.04. The van der Waals surface area contributed by atoms with Gasteiger partial charge in [-0.2, -0.15) is 0 Å². The molecule has 1 aliphatic rings. The first-order valence-electron chi connectivity index (χ1n) is 11.2. The Hall–Kier alpha value is -2.08. The maximum atomic E-state index is 2.46. The van der Waals surface area contributed by atoms with Crippen LogP contribution < -0.4 is 0 Å². The van der Waals surface area contributed by atoms with Crippen molar-refractivity contribution in [2.24, 2.45) is 5.92 Å². The molecular weight excluding hydrogens is 336 g/mol. The molecule has 0 N–H and O–H groups in total. The van der Waals surface area contributed by atoms with Gasteiger partial charge in [-0.05, 0) is 89.0 Å². The summed E-state index contributed by atoms with van der Waals surface area (Å²) in [5.74, 6) is 2.30. The van der Waals surface area contributed by atoms with Crippen LogP contribution >= 0.6 is 0 Å². The van der Waals surface area contributed by atoms with Crippen LogP contribution in [0.2, 0.25) is 0 Å². The molecule has 0 bridgehead atoms. The van der Waals surface area contributed by atoms with Gasteiger partial charge in [-0.3, -0.25) is 0 Å². The van der Waals surface area contributed by atoms with Gasteiger partial charge >= 0.3 is 0 Å². The second-order valence-electron chi connectivity index (χ2n) is 9.12. The molecular formula is C28H34. The molecule has 0 heteroatoms. The van der Waals surface area contributed by atoms with Gasteiger partial charge < -0.3 is 0 Å². The molecule has 4 rings (SSSR count). The third-order valence-electron chi connectivity index (χ3n) is 7.10. The van der Waals surface area contributed by atoms with E-state index in [2.05, 4.69) is 82.3 Å². The molecule has 0 nitrogen and oxygen atoms in total. The Kier molecular flexibility index (Phi) is 5.58. The lowest BCUT2D eigenvalue weighted by Crippen LogP contribution is -2.12. The van der Waals surface area contributed by atoms with Crippen molar-refractivity contribution in [1.29, 1.82) is 0 Å². The van der Waals surface area contributed by atoms with Crippen LogP contribution in [0.3, 0.4) is 0 Å². The van der Waals surface area contributed by atoms with Crippen LogP contribution in [0, 0.1) is 12.8 Å². The van der Waals surface area contributed by atoms with Crippen molar-refractivity contribution >= 4 is 10.8 Å². The van der Waals surface area contributed by atoms with E-state index in [1.54, 1.807) is 5.56 Å². The molecule has 0 atom stereocenters. The van der Waals surface area contributed by atoms with Gasteiger partial charge in [0.1, 0.15) is 0 Å². The average Bonchev–Trinajstić information content (AvgIpc) is 2.74. The lowest BCUT2D eigenvalue weighted by molar-refractivity contribution is 0.319. The molecule has 28 heavy (non-hydrogen) atoms. The lowest BCUT2D eigenvalue weighted by Gasteiger charge is -2.28. The predicted octanol–water partition coefficient (Wildman–Crippen LogP) is 8.62. The van der Waals surface area contributed by atoms with Gasteiger partial charge in [-0.15, -0.1) is 0 Å². The van der Waals surface area contributed by atoms with Crippen molar-refractivity contribution in [2.45, 2.75) is 71.6 Å². The largest absolute Gasteiger partial charge is 0.0651 e. The minimum atomic E-state index is 0.581. The maximum absolute atomic E-state index is 2.46. The van der Waals surface area contributed by atoms with Crippen molar-refractivity contribution in [2.75, 3.05) is 0 Å². The molecule has 3 aromatic carbocycles. The average molecular weight is 371 g/mol. The Balaban J connectivity index is 1.63. The number of fused-ring (bicyclic) bond motifs is 1. The van der Waals surface area contributed by atoms with Gasteiger partial charge in [0.25, 0.3) is 0 Å². The molecule has 1 saturated carbocycles. The molecule has 0 spiro atoms. The summed E-state index contributed by atoms with van der Waals surface area (Å²) < 4.78 is 0. The van der Waals surface area contributed by atoms with E-state index in [4.69, 9.17) is 0 Å². The fourth-order valence-electron chi connectivity index (χ4n) is 5.02. The summed E-state index contributed by atoms with van der Waals surface area (Å²) in [7, 11) is 0. The van der Waals surface area contributed by atoms with Crippen molar-refractivity contribution in [3.05, 3.63) is 71.3 Å². The first kappa shape index (κ1) is 19.2. The second-order valence-corrected chi connectivity index (χ2v) is 9.12. The number of rotatable bonds is 4. The molecule has 1 aliphatic carbocycles. The number of aryl methyl sites for hydroxylation is 1. The van der Waals surface area contributed by atoms with Crippen LogP contribution in [0.5, 0.6) is 0 Å². The Morgan fingerprint density at radius 2 is 1.57 bits per heavy atom. The molecule has 0 unspecified atom stereocenters. The number of benzene rings is 3. The van der Waals surface area contributed by atoms with Gasteiger partial charge in [0.2, 0.25) is 0 Å². The highest BCUT2D eigenvalue weighted by molar-refractivity contribution is 5.92. The summed E-state index contributed by atoms with van der Waals surface area (Å²) in [5, 5.41) is 2.80. The summed E-state index contributed by atoms with van der Waals surface area (Å²) in [6, 6.07) is 21.0. The quantitative estimate of drug-likeness (QED) is 0.431. The van der Waals surface area contributed by atoms with Crippen molar-refractivity contribution in [3.8, 4) is 11.1 Å². The molecule has 146 valence electrons. The van der Waals surface area contributed by atoms with E-state index in [-0.39, 0.29) is 0 Å². The highest BCUT2D eigenvalue weighted by atomic mass is 14.3. The Morgan fingerprint density at radius 1 is 0.857 bits per heavy atom. The van der Waals surface area contributed by atoms with Crippen molar-refractivity contribution < 1.29 is 0 Å². The monoisotopic (exact) mass is 370 g/mol. The van der Waals surface area contributed by atoms with E-state index in [9.17, 15) is 0 Å². The van der Waals surface area contributed by atoms with E-state index in [1.165, 1.54) is 65.1 Å². The minimum Gasteiger partial charge on any atom is -0.0651 e. The van der Waals surface area contributed by atoms with Crippen LogP contribution in [0.25, 0.3) is 21.9 Å². The Morgan fingerprint density at radius 3 is 2.21 bits per heavy atom. The van der Waals surface area contributed by atoms with Crippen molar-refractivity contribution in [3.63, 3.8) is 0 Å². The van der Waals surface area contributed by atoms with E-state index >= 15 is 0 Å². The zero-order valence-electron chi connectivity index (χ0n) is 18.0. The zero-order valence-corrected chi connectivity index (χ0v) is 18.0. The van der Waals surface area contributed by atoms with Crippen LogP contribution in [0.15, 0.2) is 54.6 Å². The Bertz CT molecular complexity index is 938. The van der Waals surface area contributed by atoms with Crippen molar-refractivity contribution in [1.82, 2.24) is 0 Å². The van der Waals surface area contributed by atoms with Gasteiger partial charge in [0, 0.05) is 0 Å². The molecule has 0 amide bonds. The van der Waals surface area contributed by atoms with Crippen LogP contribution in [0.4, 0.5) is 0 Å². The third-order valence-corrected chi connectivity index (χ3v) is 7.10. The molecule has 0 heterocycles. The SMILES string of the molecule is CCC1CCC(c2ccc3c(C)c(-c4ccc(C(C)C)cc4)ccc3c2)CC1. The first-order chi connectivity index (χ1) is 13.6. The molecule has 0 aliphatic heterocycles. The van der Waals surface area contributed by atoms with Gasteiger partial charge in [0.15, 0.2) is 0 Å². The summed E-state index contributed by atoms with van der Waals surface area (Å²) in [4.78, 5) is 0. The van der Waals surface area contributed by atoms with Crippen LogP contribution in [0.1, 0.15) is 81.4 Å². The standard InChI is InChI=1S/C28H34/c1-5-21-6-8-23(9-7-21)25-14-16-28-20(4)27(17-15-26(28)18-25)24-12-10-22(11-13-24)19(2)3/h10-19,21,23H,5-9H2,1-4H3. The molecule has 0 radical (unpaired) electrons. The Labute approximate surface area is 171 Å². The third kappa shape index (κ3) is 3.75. The van der Waals surface area contributed by atoms with E-state index in [1.807, 2.05) is 0 Å². The van der Waals surface area contributed by atoms with Gasteiger partial charge in [-0.25, -0.2) is 0 Å². The first-order valence-corrected chi connectivity index (χ1v) is 11.2. The van der Waals surface area contributed by atoms with E-state index < -0.39 is 0 Å². The number of hydrogen-bond acceptors (Lipinski definition) is 0.